The molecule has 0 unspecified atom stereocenters. The van der Waals surface area contributed by atoms with E-state index in [1.807, 2.05) is 19.9 Å². The number of hydrogen-bond donors (Lipinski definition) is 2. The van der Waals surface area contributed by atoms with Crippen molar-refractivity contribution in [1.29, 1.82) is 0 Å². The van der Waals surface area contributed by atoms with Gasteiger partial charge < -0.3 is 10.2 Å². The highest BCUT2D eigenvalue weighted by Crippen LogP contribution is 2.21. The quantitative estimate of drug-likeness (QED) is 0.403. The van der Waals surface area contributed by atoms with E-state index in [1.54, 1.807) is 0 Å². The number of hydrogen-bond acceptors (Lipinski definition) is 2. The number of benzene rings is 1. The first kappa shape index (κ1) is 8.81. The van der Waals surface area contributed by atoms with Gasteiger partial charge in [0, 0.05) is 22.2 Å². The summed E-state index contributed by atoms with van der Waals surface area (Å²) in [7, 11) is 0. The molecule has 72 valence electrons. The molecule has 0 atom stereocenters. The average molecular weight is 188 g/mol. The van der Waals surface area contributed by atoms with Crippen molar-refractivity contribution in [2.24, 2.45) is 5.16 Å². The van der Waals surface area contributed by atoms with Crippen molar-refractivity contribution in [3.63, 3.8) is 0 Å². The number of fused-ring (bicyclic) bond motifs is 1. The lowest BCUT2D eigenvalue weighted by Gasteiger charge is -1.93. The van der Waals surface area contributed by atoms with Crippen molar-refractivity contribution in [2.75, 3.05) is 0 Å². The van der Waals surface area contributed by atoms with Crippen molar-refractivity contribution >= 4 is 17.1 Å². The maximum atomic E-state index is 8.55. The third-order valence-corrected chi connectivity index (χ3v) is 2.38. The zero-order chi connectivity index (χ0) is 10.1. The van der Waals surface area contributed by atoms with Crippen LogP contribution in [-0.2, 0) is 0 Å². The molecule has 0 saturated heterocycles. The molecule has 2 N–H and O–H groups in total. The third-order valence-electron chi connectivity index (χ3n) is 2.38. The van der Waals surface area contributed by atoms with Crippen molar-refractivity contribution in [3.8, 4) is 0 Å². The molecule has 0 aliphatic carbocycles. The summed E-state index contributed by atoms with van der Waals surface area (Å²) in [4.78, 5) is 3.24. The average Bonchev–Trinajstić information content (AvgIpc) is 2.45. The molecule has 1 heterocycles. The lowest BCUT2D eigenvalue weighted by Crippen LogP contribution is -1.82. The number of aryl methyl sites for hydroxylation is 2. The molecule has 0 radical (unpaired) electrons. The Labute approximate surface area is 82.1 Å². The van der Waals surface area contributed by atoms with Gasteiger partial charge in [-0.1, -0.05) is 16.8 Å². The number of aromatic amines is 1. The monoisotopic (exact) mass is 188 g/mol. The fraction of sp³-hybridized carbons (Fsp3) is 0.182. The molecule has 3 heteroatoms. The van der Waals surface area contributed by atoms with Gasteiger partial charge in [-0.25, -0.2) is 0 Å². The minimum absolute atomic E-state index is 0.950. The number of rotatable bonds is 1. The van der Waals surface area contributed by atoms with Crippen molar-refractivity contribution in [2.45, 2.75) is 13.8 Å². The molecule has 0 spiro atoms. The van der Waals surface area contributed by atoms with Crippen LogP contribution in [0.2, 0.25) is 0 Å². The van der Waals surface area contributed by atoms with Crippen LogP contribution in [0, 0.1) is 13.8 Å². The van der Waals surface area contributed by atoms with Crippen molar-refractivity contribution in [3.05, 3.63) is 35.0 Å². The smallest absolute Gasteiger partial charge is 0.0758 e. The van der Waals surface area contributed by atoms with E-state index in [9.17, 15) is 0 Å². The Morgan fingerprint density at radius 1 is 1.36 bits per heavy atom. The fourth-order valence-electron chi connectivity index (χ4n) is 1.69. The minimum Gasteiger partial charge on any atom is -0.411 e. The molecular weight excluding hydrogens is 176 g/mol. The molecule has 2 rings (SSSR count). The van der Waals surface area contributed by atoms with E-state index in [4.69, 9.17) is 5.21 Å². The van der Waals surface area contributed by atoms with Crippen molar-refractivity contribution in [1.82, 2.24) is 4.98 Å². The second kappa shape index (κ2) is 3.18. The van der Waals surface area contributed by atoms with Gasteiger partial charge in [0.2, 0.25) is 0 Å². The topological polar surface area (TPSA) is 48.4 Å². The summed E-state index contributed by atoms with van der Waals surface area (Å²) < 4.78 is 0. The van der Waals surface area contributed by atoms with Crippen LogP contribution in [0.15, 0.2) is 23.4 Å². The van der Waals surface area contributed by atoms with Crippen LogP contribution in [0.3, 0.4) is 0 Å². The molecule has 0 saturated carbocycles. The van der Waals surface area contributed by atoms with Gasteiger partial charge in [-0.05, 0) is 26.0 Å². The van der Waals surface area contributed by atoms with E-state index in [0.717, 1.165) is 22.2 Å². The first-order chi connectivity index (χ1) is 6.72. The zero-order valence-electron chi connectivity index (χ0n) is 8.20. The summed E-state index contributed by atoms with van der Waals surface area (Å²) in [5, 5.41) is 12.7. The molecular formula is C11H12N2O. The summed E-state index contributed by atoms with van der Waals surface area (Å²) in [5.41, 5.74) is 4.24. The van der Waals surface area contributed by atoms with Gasteiger partial charge in [-0.3, -0.25) is 0 Å². The van der Waals surface area contributed by atoms with E-state index in [-0.39, 0.29) is 0 Å². The first-order valence-electron chi connectivity index (χ1n) is 4.48. The molecule has 2 aromatic rings. The van der Waals surface area contributed by atoms with Crippen molar-refractivity contribution < 1.29 is 5.21 Å². The van der Waals surface area contributed by atoms with Gasteiger partial charge >= 0.3 is 0 Å². The number of nitrogens with one attached hydrogen (secondary N) is 1. The molecule has 0 aliphatic rings. The fourth-order valence-corrected chi connectivity index (χ4v) is 1.69. The highest BCUT2D eigenvalue weighted by molar-refractivity contribution is 6.00. The van der Waals surface area contributed by atoms with E-state index >= 15 is 0 Å². The summed E-state index contributed by atoms with van der Waals surface area (Å²) in [6.07, 6.45) is 1.47. The summed E-state index contributed by atoms with van der Waals surface area (Å²) in [5.74, 6) is 0. The number of nitrogens with zero attached hydrogens (tertiary/aromatic N) is 1. The lowest BCUT2D eigenvalue weighted by atomic mass is 10.1. The molecule has 0 bridgehead atoms. The predicted molar refractivity (Wildman–Crippen MR) is 57.2 cm³/mol. The molecule has 0 aliphatic heterocycles. The maximum Gasteiger partial charge on any atom is 0.0758 e. The number of aromatic nitrogens is 1. The van der Waals surface area contributed by atoms with Gasteiger partial charge in [0.15, 0.2) is 0 Å². The van der Waals surface area contributed by atoms with Gasteiger partial charge in [-0.15, -0.1) is 0 Å². The zero-order valence-corrected chi connectivity index (χ0v) is 8.20. The van der Waals surface area contributed by atoms with Gasteiger partial charge in [-0.2, -0.15) is 0 Å². The Balaban J connectivity index is 2.79. The summed E-state index contributed by atoms with van der Waals surface area (Å²) >= 11 is 0. The van der Waals surface area contributed by atoms with Crippen LogP contribution in [-0.4, -0.2) is 16.4 Å². The molecule has 0 amide bonds. The summed E-state index contributed by atoms with van der Waals surface area (Å²) in [6.45, 7) is 4.01. The number of oxime groups is 1. The van der Waals surface area contributed by atoms with E-state index in [0.29, 0.717) is 0 Å². The molecule has 14 heavy (non-hydrogen) atoms. The van der Waals surface area contributed by atoms with Gasteiger partial charge in [0.25, 0.3) is 0 Å². The highest BCUT2D eigenvalue weighted by Gasteiger charge is 2.05. The van der Waals surface area contributed by atoms with Crippen LogP contribution in [0.5, 0.6) is 0 Å². The lowest BCUT2D eigenvalue weighted by molar-refractivity contribution is 0.322. The van der Waals surface area contributed by atoms with Gasteiger partial charge in [0.1, 0.15) is 0 Å². The standard InChI is InChI=1S/C11H12N2O/c1-7-3-4-11-9(5-7)10(6-12-14)8(2)13-11/h3-6,13-14H,1-2H3/b12-6+. The van der Waals surface area contributed by atoms with Crippen LogP contribution in [0.4, 0.5) is 0 Å². The van der Waals surface area contributed by atoms with Crippen LogP contribution < -0.4 is 0 Å². The molecule has 0 fully saturated rings. The Bertz CT molecular complexity index is 497. The molecule has 1 aromatic carbocycles. The number of H-pyrrole nitrogens is 1. The van der Waals surface area contributed by atoms with Gasteiger partial charge in [0.05, 0.1) is 6.21 Å². The first-order valence-corrected chi connectivity index (χ1v) is 4.48. The molecule has 3 nitrogen and oxygen atoms in total. The Hall–Kier alpha value is -1.77. The Kier molecular flexibility index (Phi) is 2.00. The predicted octanol–water partition coefficient (Wildman–Crippen LogP) is 2.59. The summed E-state index contributed by atoms with van der Waals surface area (Å²) in [6, 6.07) is 6.17. The molecule has 1 aromatic heterocycles. The van der Waals surface area contributed by atoms with E-state index in [1.165, 1.54) is 11.8 Å². The Morgan fingerprint density at radius 3 is 2.86 bits per heavy atom. The van der Waals surface area contributed by atoms with Crippen LogP contribution in [0.1, 0.15) is 16.8 Å². The van der Waals surface area contributed by atoms with Crippen LogP contribution in [0.25, 0.3) is 10.9 Å². The maximum absolute atomic E-state index is 8.55. The highest BCUT2D eigenvalue weighted by atomic mass is 16.4. The minimum atomic E-state index is 0.950. The van der Waals surface area contributed by atoms with Crippen LogP contribution >= 0.6 is 0 Å². The Morgan fingerprint density at radius 2 is 2.14 bits per heavy atom. The second-order valence-corrected chi connectivity index (χ2v) is 3.46. The van der Waals surface area contributed by atoms with E-state index in [2.05, 4.69) is 22.3 Å². The normalized spacial score (nSPS) is 11.6. The SMILES string of the molecule is Cc1ccc2[nH]c(C)c(/C=N/O)c2c1. The second-order valence-electron chi connectivity index (χ2n) is 3.46. The van der Waals surface area contributed by atoms with E-state index < -0.39 is 0 Å². The largest absolute Gasteiger partial charge is 0.411 e. The third kappa shape index (κ3) is 1.27.